The third-order valence-electron chi connectivity index (χ3n) is 4.56. The SMILES string of the molecule is CC(NC(=O)c1ccn(C2CCCNC2)n1)c1ccccc1NS(C)(=O)=O.Cl. The van der Waals surface area contributed by atoms with Crippen LogP contribution in [-0.4, -0.2) is 43.5 Å². The van der Waals surface area contributed by atoms with E-state index in [9.17, 15) is 13.2 Å². The van der Waals surface area contributed by atoms with Gasteiger partial charge < -0.3 is 10.6 Å². The zero-order valence-electron chi connectivity index (χ0n) is 15.9. The van der Waals surface area contributed by atoms with Crippen molar-refractivity contribution in [3.05, 3.63) is 47.8 Å². The predicted molar refractivity (Wildman–Crippen MR) is 111 cm³/mol. The van der Waals surface area contributed by atoms with Crippen LogP contribution in [0.25, 0.3) is 0 Å². The van der Waals surface area contributed by atoms with Gasteiger partial charge in [0.2, 0.25) is 10.0 Å². The van der Waals surface area contributed by atoms with E-state index in [1.54, 1.807) is 30.3 Å². The lowest BCUT2D eigenvalue weighted by Gasteiger charge is -2.23. The fourth-order valence-electron chi connectivity index (χ4n) is 3.24. The minimum Gasteiger partial charge on any atom is -0.344 e. The lowest BCUT2D eigenvalue weighted by Crippen LogP contribution is -2.32. The average molecular weight is 428 g/mol. The largest absolute Gasteiger partial charge is 0.344 e. The minimum atomic E-state index is -3.41. The number of halogens is 1. The Morgan fingerprint density at radius 1 is 1.32 bits per heavy atom. The van der Waals surface area contributed by atoms with Gasteiger partial charge in [-0.2, -0.15) is 5.10 Å². The first-order valence-corrected chi connectivity index (χ1v) is 10.9. The number of carbonyl (C=O) groups excluding carboxylic acids is 1. The Labute approximate surface area is 171 Å². The van der Waals surface area contributed by atoms with Crippen LogP contribution < -0.4 is 15.4 Å². The van der Waals surface area contributed by atoms with E-state index >= 15 is 0 Å². The van der Waals surface area contributed by atoms with Crippen molar-refractivity contribution in [1.82, 2.24) is 20.4 Å². The van der Waals surface area contributed by atoms with Crippen LogP contribution in [0, 0.1) is 0 Å². The first kappa shape index (κ1) is 22.2. The van der Waals surface area contributed by atoms with Gasteiger partial charge in [-0.15, -0.1) is 12.4 Å². The number of benzene rings is 1. The first-order valence-electron chi connectivity index (χ1n) is 8.97. The number of para-hydroxylation sites is 1. The van der Waals surface area contributed by atoms with E-state index in [0.29, 0.717) is 16.9 Å². The zero-order chi connectivity index (χ0) is 19.4. The van der Waals surface area contributed by atoms with Crippen LogP contribution in [0.15, 0.2) is 36.5 Å². The fourth-order valence-corrected chi connectivity index (χ4v) is 3.82. The summed E-state index contributed by atoms with van der Waals surface area (Å²) < 4.78 is 27.4. The molecular weight excluding hydrogens is 402 g/mol. The molecule has 8 nitrogen and oxygen atoms in total. The van der Waals surface area contributed by atoms with Gasteiger partial charge in [-0.05, 0) is 44.0 Å². The summed E-state index contributed by atoms with van der Waals surface area (Å²) in [7, 11) is -3.41. The molecule has 1 aliphatic heterocycles. The molecule has 0 radical (unpaired) electrons. The lowest BCUT2D eigenvalue weighted by atomic mass is 10.1. The third kappa shape index (κ3) is 5.70. The highest BCUT2D eigenvalue weighted by Gasteiger charge is 2.20. The quantitative estimate of drug-likeness (QED) is 0.654. The van der Waals surface area contributed by atoms with Gasteiger partial charge in [0.15, 0.2) is 0 Å². The van der Waals surface area contributed by atoms with E-state index in [0.717, 1.165) is 32.2 Å². The standard InChI is InChI=1S/C18H25N5O3S.ClH/c1-13(15-7-3-4-8-16(15)22-27(2,25)26)20-18(24)17-9-11-23(21-17)14-6-5-10-19-12-14;/h3-4,7-9,11,13-14,19,22H,5-6,10,12H2,1-2H3,(H,20,24);1H. The van der Waals surface area contributed by atoms with Crippen LogP contribution in [0.3, 0.4) is 0 Å². The Balaban J connectivity index is 0.00000280. The number of hydrogen-bond acceptors (Lipinski definition) is 5. The highest BCUT2D eigenvalue weighted by molar-refractivity contribution is 7.92. The number of nitrogens with one attached hydrogen (secondary N) is 3. The van der Waals surface area contributed by atoms with Gasteiger partial charge in [-0.25, -0.2) is 8.42 Å². The topological polar surface area (TPSA) is 105 Å². The van der Waals surface area contributed by atoms with Crippen molar-refractivity contribution in [1.29, 1.82) is 0 Å². The molecule has 3 N–H and O–H groups in total. The molecule has 1 fully saturated rings. The fraction of sp³-hybridized carbons (Fsp3) is 0.444. The normalized spacial score (nSPS) is 18.0. The van der Waals surface area contributed by atoms with Crippen LogP contribution in [0.5, 0.6) is 0 Å². The molecular formula is C18H26ClN5O3S. The molecule has 28 heavy (non-hydrogen) atoms. The summed E-state index contributed by atoms with van der Waals surface area (Å²) in [6.45, 7) is 3.68. The second-order valence-corrected chi connectivity index (χ2v) is 8.59. The summed E-state index contributed by atoms with van der Waals surface area (Å²) in [6.07, 6.45) is 5.06. The van der Waals surface area contributed by atoms with Crippen molar-refractivity contribution in [2.45, 2.75) is 31.8 Å². The molecule has 1 saturated heterocycles. The molecule has 2 aromatic rings. The average Bonchev–Trinajstić information content (AvgIpc) is 3.12. The molecule has 0 spiro atoms. The van der Waals surface area contributed by atoms with Crippen molar-refractivity contribution >= 4 is 34.0 Å². The monoisotopic (exact) mass is 427 g/mol. The Morgan fingerprint density at radius 3 is 2.75 bits per heavy atom. The number of piperidine rings is 1. The molecule has 1 aromatic heterocycles. The van der Waals surface area contributed by atoms with E-state index in [4.69, 9.17) is 0 Å². The second-order valence-electron chi connectivity index (χ2n) is 6.84. The number of sulfonamides is 1. The van der Waals surface area contributed by atoms with Crippen LogP contribution >= 0.6 is 12.4 Å². The van der Waals surface area contributed by atoms with Crippen molar-refractivity contribution in [3.8, 4) is 0 Å². The van der Waals surface area contributed by atoms with E-state index in [2.05, 4.69) is 20.5 Å². The van der Waals surface area contributed by atoms with Crippen LogP contribution in [-0.2, 0) is 10.0 Å². The smallest absolute Gasteiger partial charge is 0.272 e. The Morgan fingerprint density at radius 2 is 2.07 bits per heavy atom. The molecule has 0 bridgehead atoms. The summed E-state index contributed by atoms with van der Waals surface area (Å²) in [5, 5.41) is 10.6. The summed E-state index contributed by atoms with van der Waals surface area (Å²) >= 11 is 0. The van der Waals surface area contributed by atoms with Gasteiger partial charge in [-0.1, -0.05) is 18.2 Å². The number of anilines is 1. The Hall–Kier alpha value is -2.10. The number of carbonyl (C=O) groups is 1. The number of amides is 1. The number of aromatic nitrogens is 2. The second kappa shape index (κ2) is 9.40. The van der Waals surface area contributed by atoms with Crippen molar-refractivity contribution in [2.24, 2.45) is 0 Å². The number of nitrogens with zero attached hydrogens (tertiary/aromatic N) is 2. The van der Waals surface area contributed by atoms with Gasteiger partial charge in [0.05, 0.1) is 24.0 Å². The molecule has 2 unspecified atom stereocenters. The van der Waals surface area contributed by atoms with E-state index < -0.39 is 10.0 Å². The molecule has 2 heterocycles. The molecule has 1 aromatic carbocycles. The molecule has 154 valence electrons. The molecule has 1 amide bonds. The molecule has 1 aliphatic rings. The van der Waals surface area contributed by atoms with E-state index in [1.807, 2.05) is 17.8 Å². The van der Waals surface area contributed by atoms with Crippen molar-refractivity contribution in [3.63, 3.8) is 0 Å². The highest BCUT2D eigenvalue weighted by atomic mass is 35.5. The third-order valence-corrected chi connectivity index (χ3v) is 5.15. The molecule has 3 rings (SSSR count). The van der Waals surface area contributed by atoms with Gasteiger partial charge in [-0.3, -0.25) is 14.2 Å². The Bertz CT molecular complexity index is 909. The molecule has 10 heteroatoms. The minimum absolute atomic E-state index is 0. The maximum atomic E-state index is 12.6. The van der Waals surface area contributed by atoms with Gasteiger partial charge >= 0.3 is 0 Å². The van der Waals surface area contributed by atoms with Gasteiger partial charge in [0.1, 0.15) is 5.69 Å². The first-order chi connectivity index (χ1) is 12.8. The lowest BCUT2D eigenvalue weighted by molar-refractivity contribution is 0.0933. The van der Waals surface area contributed by atoms with E-state index in [1.165, 1.54) is 0 Å². The number of hydrogen-bond donors (Lipinski definition) is 3. The van der Waals surface area contributed by atoms with Crippen molar-refractivity contribution in [2.75, 3.05) is 24.1 Å². The van der Waals surface area contributed by atoms with Gasteiger partial charge in [0.25, 0.3) is 5.91 Å². The Kier molecular flexibility index (Phi) is 7.45. The maximum absolute atomic E-state index is 12.6. The van der Waals surface area contributed by atoms with Crippen LogP contribution in [0.1, 0.15) is 47.9 Å². The zero-order valence-corrected chi connectivity index (χ0v) is 17.5. The highest BCUT2D eigenvalue weighted by Crippen LogP contribution is 2.24. The molecule has 2 atom stereocenters. The summed E-state index contributed by atoms with van der Waals surface area (Å²) in [4.78, 5) is 12.6. The van der Waals surface area contributed by atoms with E-state index in [-0.39, 0.29) is 30.4 Å². The molecule has 0 aliphatic carbocycles. The van der Waals surface area contributed by atoms with Crippen LogP contribution in [0.4, 0.5) is 5.69 Å². The van der Waals surface area contributed by atoms with Crippen LogP contribution in [0.2, 0.25) is 0 Å². The number of rotatable bonds is 6. The van der Waals surface area contributed by atoms with Gasteiger partial charge in [0, 0.05) is 12.7 Å². The maximum Gasteiger partial charge on any atom is 0.272 e. The summed E-state index contributed by atoms with van der Waals surface area (Å²) in [5.41, 5.74) is 1.49. The van der Waals surface area contributed by atoms with Crippen molar-refractivity contribution < 1.29 is 13.2 Å². The predicted octanol–water partition coefficient (Wildman–Crippen LogP) is 2.09. The summed E-state index contributed by atoms with van der Waals surface area (Å²) in [5.74, 6) is -0.292. The summed E-state index contributed by atoms with van der Waals surface area (Å²) in [6, 6.07) is 8.58. The molecule has 0 saturated carbocycles.